The van der Waals surface area contributed by atoms with Crippen LogP contribution in [0.4, 0.5) is 4.79 Å². The fourth-order valence-electron chi connectivity index (χ4n) is 3.61. The Bertz CT molecular complexity index is 812. The Morgan fingerprint density at radius 3 is 2.64 bits per heavy atom. The molecular formula is C20H30IN5O2. The molecule has 1 aliphatic rings. The summed E-state index contributed by atoms with van der Waals surface area (Å²) < 4.78 is 5.07. The minimum absolute atomic E-state index is 0. The van der Waals surface area contributed by atoms with Gasteiger partial charge in [0.05, 0.1) is 6.61 Å². The maximum absolute atomic E-state index is 11.8. The normalized spacial score (nSPS) is 14.8. The number of aryl methyl sites for hydroxylation is 1. The maximum Gasteiger partial charge on any atom is 0.409 e. The topological polar surface area (TPSA) is 73.0 Å². The van der Waals surface area contributed by atoms with E-state index < -0.39 is 0 Å². The zero-order chi connectivity index (χ0) is 19.2. The molecule has 8 heteroatoms. The summed E-state index contributed by atoms with van der Waals surface area (Å²) in [5.41, 5.74) is 3.80. The van der Waals surface area contributed by atoms with Crippen LogP contribution >= 0.6 is 24.0 Å². The summed E-state index contributed by atoms with van der Waals surface area (Å²) in [6.07, 6.45) is 2.79. The lowest BCUT2D eigenvalue weighted by molar-refractivity contribution is 0.0915. The number of hydrogen-bond acceptors (Lipinski definition) is 3. The first kappa shape index (κ1) is 22.3. The van der Waals surface area contributed by atoms with Gasteiger partial charge < -0.3 is 24.8 Å². The van der Waals surface area contributed by atoms with E-state index in [0.29, 0.717) is 19.7 Å². The van der Waals surface area contributed by atoms with Crippen LogP contribution in [0.25, 0.3) is 10.9 Å². The predicted octanol–water partition coefficient (Wildman–Crippen LogP) is 2.99. The zero-order valence-corrected chi connectivity index (χ0v) is 19.2. The second kappa shape index (κ2) is 10.5. The van der Waals surface area contributed by atoms with Crippen molar-refractivity contribution in [3.63, 3.8) is 0 Å². The first-order valence-corrected chi connectivity index (χ1v) is 9.57. The Hall–Kier alpha value is -1.97. The van der Waals surface area contributed by atoms with Crippen LogP contribution in [-0.4, -0.2) is 73.2 Å². The van der Waals surface area contributed by atoms with E-state index in [0.717, 1.165) is 32.0 Å². The number of hydrogen-bond donors (Lipinski definition) is 2. The Labute approximate surface area is 183 Å². The van der Waals surface area contributed by atoms with Crippen LogP contribution in [0.1, 0.15) is 18.1 Å². The molecule has 2 aromatic rings. The fraction of sp³-hybridized carbons (Fsp3) is 0.500. The number of benzene rings is 1. The number of halogens is 1. The summed E-state index contributed by atoms with van der Waals surface area (Å²) in [5, 5.41) is 4.78. The SMILES string of the molecule is CCOC(=O)N1CCN(C(=NC)NCCc2c[nH]c3cccc(C)c23)CC1.I. The number of aromatic amines is 1. The van der Waals surface area contributed by atoms with Gasteiger partial charge in [-0.15, -0.1) is 24.0 Å². The van der Waals surface area contributed by atoms with Crippen LogP contribution < -0.4 is 5.32 Å². The molecule has 0 radical (unpaired) electrons. The molecule has 0 spiro atoms. The van der Waals surface area contributed by atoms with Crippen molar-refractivity contribution >= 4 is 46.9 Å². The minimum Gasteiger partial charge on any atom is -0.450 e. The van der Waals surface area contributed by atoms with Gasteiger partial charge in [0.15, 0.2) is 5.96 Å². The number of piperazine rings is 1. The highest BCUT2D eigenvalue weighted by Crippen LogP contribution is 2.22. The Morgan fingerprint density at radius 2 is 1.96 bits per heavy atom. The van der Waals surface area contributed by atoms with E-state index in [4.69, 9.17) is 4.74 Å². The molecule has 1 aromatic heterocycles. The highest BCUT2D eigenvalue weighted by molar-refractivity contribution is 14.0. The minimum atomic E-state index is -0.227. The lowest BCUT2D eigenvalue weighted by Gasteiger charge is -2.35. The molecule has 154 valence electrons. The van der Waals surface area contributed by atoms with Crippen molar-refractivity contribution in [1.82, 2.24) is 20.1 Å². The standard InChI is InChI=1S/C20H29N5O2.HI/c1-4-27-20(26)25-12-10-24(11-13-25)19(21-3)22-9-8-16-14-23-17-7-5-6-15(2)18(16)17;/h5-7,14,23H,4,8-13H2,1-3H3,(H,21,22);1H. The molecule has 1 aromatic carbocycles. The number of H-pyrrole nitrogens is 1. The van der Waals surface area contributed by atoms with Gasteiger partial charge in [0, 0.05) is 56.9 Å². The van der Waals surface area contributed by atoms with E-state index in [-0.39, 0.29) is 30.1 Å². The first-order chi connectivity index (χ1) is 13.1. The first-order valence-electron chi connectivity index (χ1n) is 9.57. The van der Waals surface area contributed by atoms with Gasteiger partial charge in [-0.25, -0.2) is 4.79 Å². The monoisotopic (exact) mass is 499 g/mol. The summed E-state index contributed by atoms with van der Waals surface area (Å²) in [6.45, 7) is 8.02. The van der Waals surface area contributed by atoms with Gasteiger partial charge in [0.2, 0.25) is 0 Å². The number of fused-ring (bicyclic) bond motifs is 1. The van der Waals surface area contributed by atoms with Crippen LogP contribution in [0, 0.1) is 6.92 Å². The molecule has 28 heavy (non-hydrogen) atoms. The molecule has 2 N–H and O–H groups in total. The molecule has 0 bridgehead atoms. The van der Waals surface area contributed by atoms with Crippen molar-refractivity contribution in [2.75, 3.05) is 46.4 Å². The molecule has 2 heterocycles. The number of amides is 1. The van der Waals surface area contributed by atoms with E-state index in [9.17, 15) is 4.79 Å². The molecule has 7 nitrogen and oxygen atoms in total. The molecule has 1 fully saturated rings. The molecule has 3 rings (SSSR count). The largest absolute Gasteiger partial charge is 0.450 e. The van der Waals surface area contributed by atoms with Crippen molar-refractivity contribution in [2.24, 2.45) is 4.99 Å². The number of carbonyl (C=O) groups is 1. The number of rotatable bonds is 4. The van der Waals surface area contributed by atoms with E-state index in [2.05, 4.69) is 51.5 Å². The number of nitrogens with one attached hydrogen (secondary N) is 2. The third-order valence-electron chi connectivity index (χ3n) is 4.99. The molecule has 1 saturated heterocycles. The number of guanidine groups is 1. The van der Waals surface area contributed by atoms with Gasteiger partial charge in [0.1, 0.15) is 0 Å². The Balaban J connectivity index is 0.00000280. The molecule has 1 amide bonds. The van der Waals surface area contributed by atoms with Gasteiger partial charge in [-0.3, -0.25) is 4.99 Å². The van der Waals surface area contributed by atoms with Gasteiger partial charge in [0.25, 0.3) is 0 Å². The molecule has 0 atom stereocenters. The maximum atomic E-state index is 11.8. The van der Waals surface area contributed by atoms with Crippen LogP contribution in [0.15, 0.2) is 29.4 Å². The van der Waals surface area contributed by atoms with Crippen molar-refractivity contribution in [2.45, 2.75) is 20.3 Å². The molecule has 1 aliphatic heterocycles. The molecule has 0 aliphatic carbocycles. The van der Waals surface area contributed by atoms with Crippen LogP contribution in [0.2, 0.25) is 0 Å². The lowest BCUT2D eigenvalue weighted by Crippen LogP contribution is -2.54. The highest BCUT2D eigenvalue weighted by Gasteiger charge is 2.23. The van der Waals surface area contributed by atoms with E-state index in [1.54, 1.807) is 11.9 Å². The van der Waals surface area contributed by atoms with Crippen molar-refractivity contribution < 1.29 is 9.53 Å². The quantitative estimate of drug-likeness (QED) is 0.386. The lowest BCUT2D eigenvalue weighted by atomic mass is 10.1. The van der Waals surface area contributed by atoms with Crippen molar-refractivity contribution in [3.05, 3.63) is 35.5 Å². The average Bonchev–Trinajstić information content (AvgIpc) is 3.10. The zero-order valence-electron chi connectivity index (χ0n) is 16.8. The van der Waals surface area contributed by atoms with Gasteiger partial charge in [-0.1, -0.05) is 12.1 Å². The number of nitrogens with zero attached hydrogens (tertiary/aromatic N) is 3. The molecular weight excluding hydrogens is 469 g/mol. The summed E-state index contributed by atoms with van der Waals surface area (Å²) in [7, 11) is 1.80. The van der Waals surface area contributed by atoms with Crippen LogP contribution in [-0.2, 0) is 11.2 Å². The average molecular weight is 499 g/mol. The summed E-state index contributed by atoms with van der Waals surface area (Å²) in [4.78, 5) is 23.5. The van der Waals surface area contributed by atoms with Crippen molar-refractivity contribution in [1.29, 1.82) is 0 Å². The number of carbonyl (C=O) groups excluding carboxylic acids is 1. The third-order valence-corrected chi connectivity index (χ3v) is 4.99. The number of aromatic nitrogens is 1. The van der Waals surface area contributed by atoms with Gasteiger partial charge in [-0.05, 0) is 37.5 Å². The van der Waals surface area contributed by atoms with E-state index in [1.807, 2.05) is 6.92 Å². The predicted molar refractivity (Wildman–Crippen MR) is 124 cm³/mol. The fourth-order valence-corrected chi connectivity index (χ4v) is 3.61. The van der Waals surface area contributed by atoms with Crippen LogP contribution in [0.3, 0.4) is 0 Å². The van der Waals surface area contributed by atoms with Crippen LogP contribution in [0.5, 0.6) is 0 Å². The second-order valence-corrected chi connectivity index (χ2v) is 6.71. The Morgan fingerprint density at radius 1 is 1.25 bits per heavy atom. The smallest absolute Gasteiger partial charge is 0.409 e. The summed E-state index contributed by atoms with van der Waals surface area (Å²) in [6, 6.07) is 6.34. The highest BCUT2D eigenvalue weighted by atomic mass is 127. The van der Waals surface area contributed by atoms with Gasteiger partial charge >= 0.3 is 6.09 Å². The number of ether oxygens (including phenoxy) is 1. The summed E-state index contributed by atoms with van der Waals surface area (Å²) >= 11 is 0. The molecule has 0 saturated carbocycles. The second-order valence-electron chi connectivity index (χ2n) is 6.71. The van der Waals surface area contributed by atoms with Gasteiger partial charge in [-0.2, -0.15) is 0 Å². The van der Waals surface area contributed by atoms with Crippen molar-refractivity contribution in [3.8, 4) is 0 Å². The Kier molecular flexibility index (Phi) is 8.40. The van der Waals surface area contributed by atoms with E-state index in [1.165, 1.54) is 22.0 Å². The summed E-state index contributed by atoms with van der Waals surface area (Å²) in [5.74, 6) is 0.884. The van der Waals surface area contributed by atoms with E-state index >= 15 is 0 Å². The third kappa shape index (κ3) is 5.09. The molecule has 0 unspecified atom stereocenters. The number of aliphatic imine (C=N–C) groups is 1.